The number of benzene rings is 5. The van der Waals surface area contributed by atoms with E-state index in [4.69, 9.17) is 9.47 Å². The van der Waals surface area contributed by atoms with E-state index in [2.05, 4.69) is 12.1 Å². The van der Waals surface area contributed by atoms with E-state index in [1.54, 1.807) is 26.4 Å². The molecule has 0 bridgehead atoms. The predicted molar refractivity (Wildman–Crippen MR) is 135 cm³/mol. The van der Waals surface area contributed by atoms with Gasteiger partial charge in [-0.1, -0.05) is 78.9 Å². The zero-order valence-corrected chi connectivity index (χ0v) is 19.0. The van der Waals surface area contributed by atoms with Crippen LogP contribution < -0.4 is 9.47 Å². The Hall–Kier alpha value is -4.31. The fourth-order valence-electron chi connectivity index (χ4n) is 4.90. The molecule has 168 valence electrons. The molecule has 0 aliphatic carbocycles. The fraction of sp³-hybridized carbons (Fsp3) is 0.100. The Morgan fingerprint density at radius 2 is 1.03 bits per heavy atom. The average Bonchev–Trinajstić information content (AvgIpc) is 2.89. The van der Waals surface area contributed by atoms with Crippen molar-refractivity contribution in [1.82, 2.24) is 0 Å². The molecule has 5 rings (SSSR count). The maximum Gasteiger partial charge on any atom is 0.335 e. The van der Waals surface area contributed by atoms with Gasteiger partial charge in [0.25, 0.3) is 0 Å². The molecule has 0 fully saturated rings. The molecule has 5 aromatic rings. The lowest BCUT2D eigenvalue weighted by Gasteiger charge is -2.25. The van der Waals surface area contributed by atoms with E-state index < -0.39 is 5.97 Å². The number of ether oxygens (including phenoxy) is 2. The summed E-state index contributed by atoms with van der Waals surface area (Å²) in [4.78, 5) is 12.3. The van der Waals surface area contributed by atoms with Crippen LogP contribution in [0, 0.1) is 0 Å². The molecule has 0 saturated carbocycles. The highest BCUT2D eigenvalue weighted by molar-refractivity contribution is 5.97. The lowest BCUT2D eigenvalue weighted by molar-refractivity contribution is 0.0695. The maximum atomic E-state index is 12.3. The summed E-state index contributed by atoms with van der Waals surface area (Å²) in [5.41, 5.74) is 3.05. The summed E-state index contributed by atoms with van der Waals surface area (Å²) in [6.45, 7) is 0. The van der Waals surface area contributed by atoms with Crippen LogP contribution in [0.1, 0.15) is 33.0 Å². The van der Waals surface area contributed by atoms with Crippen molar-refractivity contribution in [1.29, 1.82) is 0 Å². The molecule has 0 heterocycles. The first-order chi connectivity index (χ1) is 16.6. The smallest absolute Gasteiger partial charge is 0.335 e. The fourth-order valence-corrected chi connectivity index (χ4v) is 4.90. The van der Waals surface area contributed by atoms with E-state index in [-0.39, 0.29) is 11.5 Å². The van der Waals surface area contributed by atoms with Crippen LogP contribution in [0.25, 0.3) is 21.5 Å². The summed E-state index contributed by atoms with van der Waals surface area (Å²) >= 11 is 0. The van der Waals surface area contributed by atoms with Crippen LogP contribution >= 0.6 is 0 Å². The summed E-state index contributed by atoms with van der Waals surface area (Å²) in [5.74, 6) is 0.295. The van der Waals surface area contributed by atoms with Gasteiger partial charge in [0.2, 0.25) is 0 Å². The summed E-state index contributed by atoms with van der Waals surface area (Å²) < 4.78 is 11.3. The molecule has 0 aliphatic heterocycles. The van der Waals surface area contributed by atoms with Crippen LogP contribution in [0.3, 0.4) is 0 Å². The van der Waals surface area contributed by atoms with Crippen molar-refractivity contribution >= 4 is 27.5 Å². The van der Waals surface area contributed by atoms with Gasteiger partial charge in [0.15, 0.2) is 0 Å². The monoisotopic (exact) mass is 448 g/mol. The van der Waals surface area contributed by atoms with E-state index in [0.717, 1.165) is 49.7 Å². The van der Waals surface area contributed by atoms with Gasteiger partial charge >= 0.3 is 5.97 Å². The van der Waals surface area contributed by atoms with E-state index >= 15 is 0 Å². The van der Waals surface area contributed by atoms with Gasteiger partial charge in [0, 0.05) is 16.7 Å². The number of fused-ring (bicyclic) bond motifs is 2. The van der Waals surface area contributed by atoms with Crippen molar-refractivity contribution in [3.63, 3.8) is 0 Å². The molecule has 0 aliphatic rings. The van der Waals surface area contributed by atoms with Gasteiger partial charge in [0.05, 0.1) is 19.8 Å². The van der Waals surface area contributed by atoms with Crippen LogP contribution in [0.5, 0.6) is 11.5 Å². The van der Waals surface area contributed by atoms with Crippen molar-refractivity contribution in [3.8, 4) is 11.5 Å². The van der Waals surface area contributed by atoms with Gasteiger partial charge in [-0.25, -0.2) is 4.79 Å². The van der Waals surface area contributed by atoms with E-state index in [9.17, 15) is 9.90 Å². The van der Waals surface area contributed by atoms with Gasteiger partial charge in [-0.15, -0.1) is 0 Å². The topological polar surface area (TPSA) is 55.8 Å². The minimum Gasteiger partial charge on any atom is -0.496 e. The first-order valence-electron chi connectivity index (χ1n) is 11.1. The molecule has 0 spiro atoms. The lowest BCUT2D eigenvalue weighted by atomic mass is 9.79. The number of carbonyl (C=O) groups is 1. The van der Waals surface area contributed by atoms with Gasteiger partial charge in [0.1, 0.15) is 11.5 Å². The summed E-state index contributed by atoms with van der Waals surface area (Å²) in [5, 5.41) is 14.1. The highest BCUT2D eigenvalue weighted by Crippen LogP contribution is 2.43. The van der Waals surface area contributed by atoms with Crippen molar-refractivity contribution in [3.05, 3.63) is 119 Å². The molecule has 4 heteroatoms. The molecule has 34 heavy (non-hydrogen) atoms. The zero-order valence-electron chi connectivity index (χ0n) is 19.0. The highest BCUT2D eigenvalue weighted by atomic mass is 16.5. The molecule has 5 aromatic carbocycles. The SMILES string of the molecule is COc1ccc(C(c2ccccc2C(=O)O)c2ccc(OC)c3ccccc23)c2ccccc12. The van der Waals surface area contributed by atoms with Crippen molar-refractivity contribution in [2.45, 2.75) is 5.92 Å². The Balaban J connectivity index is 1.90. The number of carboxylic acids is 1. The lowest BCUT2D eigenvalue weighted by Crippen LogP contribution is -2.11. The highest BCUT2D eigenvalue weighted by Gasteiger charge is 2.26. The average molecular weight is 449 g/mol. The molecule has 4 nitrogen and oxygen atoms in total. The zero-order chi connectivity index (χ0) is 23.7. The van der Waals surface area contributed by atoms with Crippen LogP contribution in [0.15, 0.2) is 97.1 Å². The summed E-state index contributed by atoms with van der Waals surface area (Å²) in [6, 6.07) is 31.4. The Kier molecular flexibility index (Phi) is 5.64. The summed E-state index contributed by atoms with van der Waals surface area (Å²) in [6.07, 6.45) is 0. The number of hydrogen-bond acceptors (Lipinski definition) is 3. The molecular formula is C30H24O4. The summed E-state index contributed by atoms with van der Waals surface area (Å²) in [7, 11) is 3.32. The molecule has 0 atom stereocenters. The van der Waals surface area contributed by atoms with Gasteiger partial charge < -0.3 is 14.6 Å². The minimum atomic E-state index is -0.948. The van der Waals surface area contributed by atoms with Gasteiger partial charge in [-0.3, -0.25) is 0 Å². The number of methoxy groups -OCH3 is 2. The third kappa shape index (κ3) is 3.54. The Labute approximate surface area is 198 Å². The number of rotatable bonds is 6. The minimum absolute atomic E-state index is 0.285. The second kappa shape index (κ2) is 8.91. The van der Waals surface area contributed by atoms with E-state index in [0.29, 0.717) is 0 Å². The van der Waals surface area contributed by atoms with Crippen LogP contribution in [0.2, 0.25) is 0 Å². The maximum absolute atomic E-state index is 12.3. The molecule has 0 saturated heterocycles. The molecule has 1 N–H and O–H groups in total. The van der Waals surface area contributed by atoms with Crippen LogP contribution in [-0.2, 0) is 0 Å². The van der Waals surface area contributed by atoms with Crippen molar-refractivity contribution in [2.75, 3.05) is 14.2 Å². The first-order valence-corrected chi connectivity index (χ1v) is 11.1. The second-order valence-electron chi connectivity index (χ2n) is 8.13. The van der Waals surface area contributed by atoms with E-state index in [1.807, 2.05) is 72.8 Å². The third-order valence-corrected chi connectivity index (χ3v) is 6.40. The largest absolute Gasteiger partial charge is 0.496 e. The number of carboxylic acid groups (broad SMARTS) is 1. The Morgan fingerprint density at radius 3 is 1.50 bits per heavy atom. The second-order valence-corrected chi connectivity index (χ2v) is 8.13. The molecule has 0 aromatic heterocycles. The molecular weight excluding hydrogens is 424 g/mol. The van der Waals surface area contributed by atoms with Crippen LogP contribution in [0.4, 0.5) is 0 Å². The quantitative estimate of drug-likeness (QED) is 0.287. The third-order valence-electron chi connectivity index (χ3n) is 6.40. The van der Waals surface area contributed by atoms with Crippen molar-refractivity contribution in [2.24, 2.45) is 0 Å². The Bertz CT molecular complexity index is 1430. The Morgan fingerprint density at radius 1 is 0.588 bits per heavy atom. The number of hydrogen-bond donors (Lipinski definition) is 1. The van der Waals surface area contributed by atoms with Crippen molar-refractivity contribution < 1.29 is 19.4 Å². The van der Waals surface area contributed by atoms with Gasteiger partial charge in [-0.05, 0) is 45.7 Å². The predicted octanol–water partition coefficient (Wildman–Crippen LogP) is 6.89. The van der Waals surface area contributed by atoms with E-state index in [1.165, 1.54) is 0 Å². The molecule has 0 amide bonds. The molecule has 0 radical (unpaired) electrons. The number of aromatic carboxylic acids is 1. The normalized spacial score (nSPS) is 11.1. The molecule has 0 unspecified atom stereocenters. The first kappa shape index (κ1) is 21.5. The van der Waals surface area contributed by atoms with Crippen LogP contribution in [-0.4, -0.2) is 25.3 Å². The standard InChI is InChI=1S/C30H24O4/c1-33-27-17-15-24(19-9-3-5-11-21(19)27)29(23-13-7-8-14-26(23)30(31)32)25-16-18-28(34-2)22-12-6-4-10-20(22)25/h3-18,29H,1-2H3,(H,31,32). The van der Waals surface area contributed by atoms with Gasteiger partial charge in [-0.2, -0.15) is 0 Å².